The Bertz CT molecular complexity index is 1740. The highest BCUT2D eigenvalue weighted by Crippen LogP contribution is 2.39. The van der Waals surface area contributed by atoms with Gasteiger partial charge in [-0.3, -0.25) is 4.90 Å². The third-order valence-electron chi connectivity index (χ3n) is 8.82. The minimum absolute atomic E-state index is 0.350. The number of likely N-dealkylation sites (N-methyl/N-ethyl adjacent to an activating group) is 1. The zero-order valence-electron chi connectivity index (χ0n) is 23.5. The van der Waals surface area contributed by atoms with Gasteiger partial charge in [0, 0.05) is 66.1 Å². The number of aromatic nitrogens is 5. The molecular formula is C31H33Cl2N9. The monoisotopic (exact) mass is 601 g/mol. The first-order chi connectivity index (χ1) is 20.4. The van der Waals surface area contributed by atoms with Crippen LogP contribution in [0.5, 0.6) is 0 Å². The second-order valence-electron chi connectivity index (χ2n) is 11.4. The van der Waals surface area contributed by atoms with Crippen LogP contribution < -0.4 is 11.1 Å². The van der Waals surface area contributed by atoms with Gasteiger partial charge in [-0.15, -0.1) is 0 Å². The number of nitrogens with one attached hydrogen (secondary N) is 1. The summed E-state index contributed by atoms with van der Waals surface area (Å²) in [5.41, 5.74) is 11.0. The summed E-state index contributed by atoms with van der Waals surface area (Å²) in [5.74, 6) is 0.922. The predicted octanol–water partition coefficient (Wildman–Crippen LogP) is 6.41. The first kappa shape index (κ1) is 27.3. The van der Waals surface area contributed by atoms with Crippen LogP contribution in [-0.4, -0.2) is 73.6 Å². The van der Waals surface area contributed by atoms with E-state index in [2.05, 4.69) is 60.0 Å². The van der Waals surface area contributed by atoms with E-state index in [-0.39, 0.29) is 0 Å². The van der Waals surface area contributed by atoms with Crippen molar-refractivity contribution in [2.75, 3.05) is 44.3 Å². The van der Waals surface area contributed by atoms with Crippen LogP contribution in [0, 0.1) is 0 Å². The van der Waals surface area contributed by atoms with Gasteiger partial charge in [-0.1, -0.05) is 35.3 Å². The number of anilines is 3. The summed E-state index contributed by atoms with van der Waals surface area (Å²) < 4.78 is 2.34. The molecule has 1 saturated heterocycles. The molecule has 5 aromatic rings. The third-order valence-corrected chi connectivity index (χ3v) is 9.34. The lowest BCUT2D eigenvalue weighted by atomic mass is 9.89. The average Bonchev–Trinajstić information content (AvgIpc) is 3.40. The molecule has 2 fully saturated rings. The van der Waals surface area contributed by atoms with Gasteiger partial charge < -0.3 is 20.5 Å². The van der Waals surface area contributed by atoms with Gasteiger partial charge in [0.25, 0.3) is 0 Å². The SMILES string of the molecule is CN1CCN(C2CCC(n3cc(-c4ccc(Nc5nc(Cl)c6cc(Cl)ccc6n5)cc4)c4c(N)ncnc43)CC2)CC1. The van der Waals surface area contributed by atoms with Crippen molar-refractivity contribution in [1.82, 2.24) is 34.3 Å². The van der Waals surface area contributed by atoms with Gasteiger partial charge in [-0.2, -0.15) is 0 Å². The van der Waals surface area contributed by atoms with Gasteiger partial charge in [0.2, 0.25) is 5.95 Å². The number of piperazine rings is 1. The lowest BCUT2D eigenvalue weighted by molar-refractivity contribution is 0.0828. The van der Waals surface area contributed by atoms with Gasteiger partial charge in [-0.25, -0.2) is 19.9 Å². The lowest BCUT2D eigenvalue weighted by Gasteiger charge is -2.41. The summed E-state index contributed by atoms with van der Waals surface area (Å²) in [6, 6.07) is 14.6. The van der Waals surface area contributed by atoms with Crippen LogP contribution in [0.25, 0.3) is 33.1 Å². The first-order valence-corrected chi connectivity index (χ1v) is 15.2. The maximum Gasteiger partial charge on any atom is 0.229 e. The van der Waals surface area contributed by atoms with Crippen LogP contribution >= 0.6 is 23.2 Å². The van der Waals surface area contributed by atoms with Crippen LogP contribution in [-0.2, 0) is 0 Å². The number of nitrogens with zero attached hydrogens (tertiary/aromatic N) is 7. The standard InChI is InChI=1S/C31H33Cl2N9/c1-40-12-14-41(15-13-40)22-7-9-23(10-8-22)42-17-25(27-29(34)35-18-36-30(27)42)19-2-5-21(6-3-19)37-31-38-26-11-4-20(32)16-24(26)28(33)39-31/h2-6,11,16-18,22-23H,7-10,12-15H2,1H3,(H2,34,35,36)(H,37,38,39). The maximum absolute atomic E-state index is 6.44. The quantitative estimate of drug-likeness (QED) is 0.223. The molecular weight excluding hydrogens is 569 g/mol. The fourth-order valence-corrected chi connectivity index (χ4v) is 6.88. The summed E-state index contributed by atoms with van der Waals surface area (Å²) in [4.78, 5) is 23.1. The first-order valence-electron chi connectivity index (χ1n) is 14.5. The Kier molecular flexibility index (Phi) is 7.35. The van der Waals surface area contributed by atoms with Gasteiger partial charge in [0.05, 0.1) is 10.9 Å². The molecule has 1 saturated carbocycles. The second-order valence-corrected chi connectivity index (χ2v) is 12.2. The molecule has 1 aliphatic heterocycles. The zero-order chi connectivity index (χ0) is 28.8. The second kappa shape index (κ2) is 11.3. The van der Waals surface area contributed by atoms with E-state index in [1.807, 2.05) is 18.2 Å². The number of nitrogen functional groups attached to an aromatic ring is 1. The predicted molar refractivity (Wildman–Crippen MR) is 171 cm³/mol. The molecule has 3 N–H and O–H groups in total. The Morgan fingerprint density at radius 2 is 1.62 bits per heavy atom. The Labute approximate surface area is 254 Å². The molecule has 0 spiro atoms. The molecule has 3 aromatic heterocycles. The highest BCUT2D eigenvalue weighted by Gasteiger charge is 2.30. The van der Waals surface area contributed by atoms with Crippen LogP contribution in [0.1, 0.15) is 31.7 Å². The normalized spacial score (nSPS) is 20.4. The van der Waals surface area contributed by atoms with Gasteiger partial charge in [0.15, 0.2) is 0 Å². The van der Waals surface area contributed by atoms with E-state index in [9.17, 15) is 0 Å². The lowest BCUT2D eigenvalue weighted by Crippen LogP contribution is -2.49. The molecule has 11 heteroatoms. The fraction of sp³-hybridized carbons (Fsp3) is 0.355. The summed E-state index contributed by atoms with van der Waals surface area (Å²) in [5, 5.41) is 5.83. The van der Waals surface area contributed by atoms with Crippen LogP contribution in [0.2, 0.25) is 10.2 Å². The van der Waals surface area contributed by atoms with Crippen LogP contribution in [0.3, 0.4) is 0 Å². The maximum atomic E-state index is 6.44. The van der Waals surface area contributed by atoms with Crippen LogP contribution in [0.4, 0.5) is 17.5 Å². The average molecular weight is 603 g/mol. The van der Waals surface area contributed by atoms with E-state index in [1.54, 1.807) is 18.5 Å². The van der Waals surface area contributed by atoms with E-state index in [0.29, 0.717) is 39.4 Å². The van der Waals surface area contributed by atoms with Crippen molar-refractivity contribution in [2.45, 2.75) is 37.8 Å². The molecule has 0 unspecified atom stereocenters. The molecule has 0 radical (unpaired) electrons. The molecule has 9 nitrogen and oxygen atoms in total. The van der Waals surface area contributed by atoms with E-state index in [1.165, 1.54) is 25.9 Å². The molecule has 2 aliphatic rings. The van der Waals surface area contributed by atoms with Crippen molar-refractivity contribution in [2.24, 2.45) is 0 Å². The van der Waals surface area contributed by atoms with Gasteiger partial charge >= 0.3 is 0 Å². The summed E-state index contributed by atoms with van der Waals surface area (Å²) in [6.07, 6.45) is 8.47. The minimum atomic E-state index is 0.350. The summed E-state index contributed by atoms with van der Waals surface area (Å²) in [6.45, 7) is 4.67. The van der Waals surface area contributed by atoms with Crippen molar-refractivity contribution >= 4 is 62.6 Å². The number of halogens is 2. The largest absolute Gasteiger partial charge is 0.383 e. The number of fused-ring (bicyclic) bond motifs is 2. The Morgan fingerprint density at radius 1 is 0.881 bits per heavy atom. The van der Waals surface area contributed by atoms with Gasteiger partial charge in [0.1, 0.15) is 22.9 Å². The highest BCUT2D eigenvalue weighted by molar-refractivity contribution is 6.35. The van der Waals surface area contributed by atoms with E-state index in [0.717, 1.165) is 59.3 Å². The Balaban J connectivity index is 1.12. The van der Waals surface area contributed by atoms with Crippen molar-refractivity contribution in [3.63, 3.8) is 0 Å². The van der Waals surface area contributed by atoms with E-state index >= 15 is 0 Å². The molecule has 42 heavy (non-hydrogen) atoms. The van der Waals surface area contributed by atoms with Crippen molar-refractivity contribution in [3.8, 4) is 11.1 Å². The number of benzene rings is 2. The van der Waals surface area contributed by atoms with Gasteiger partial charge in [-0.05, 0) is 68.6 Å². The molecule has 2 aromatic carbocycles. The zero-order valence-corrected chi connectivity index (χ0v) is 25.0. The number of rotatable bonds is 5. The van der Waals surface area contributed by atoms with Crippen LogP contribution in [0.15, 0.2) is 55.0 Å². The van der Waals surface area contributed by atoms with Crippen molar-refractivity contribution < 1.29 is 0 Å². The molecule has 1 aliphatic carbocycles. The summed E-state index contributed by atoms with van der Waals surface area (Å²) in [7, 11) is 2.22. The Morgan fingerprint density at radius 3 is 2.38 bits per heavy atom. The fourth-order valence-electron chi connectivity index (χ4n) is 6.48. The number of hydrogen-bond acceptors (Lipinski definition) is 8. The summed E-state index contributed by atoms with van der Waals surface area (Å²) >= 11 is 12.5. The topological polar surface area (TPSA) is 101 Å². The number of hydrogen-bond donors (Lipinski definition) is 2. The molecule has 0 amide bonds. The third kappa shape index (κ3) is 5.26. The molecule has 216 valence electrons. The van der Waals surface area contributed by atoms with E-state index in [4.69, 9.17) is 33.9 Å². The van der Waals surface area contributed by atoms with Crippen molar-refractivity contribution in [3.05, 3.63) is 65.2 Å². The van der Waals surface area contributed by atoms with Crippen molar-refractivity contribution in [1.29, 1.82) is 0 Å². The molecule has 7 rings (SSSR count). The minimum Gasteiger partial charge on any atom is -0.383 e. The molecule has 0 bridgehead atoms. The Hall–Kier alpha value is -3.50. The highest BCUT2D eigenvalue weighted by atomic mass is 35.5. The smallest absolute Gasteiger partial charge is 0.229 e. The molecule has 0 atom stereocenters. The molecule has 4 heterocycles. The number of nitrogens with two attached hydrogens (primary N) is 1. The van der Waals surface area contributed by atoms with E-state index < -0.39 is 0 Å².